The summed E-state index contributed by atoms with van der Waals surface area (Å²) in [7, 11) is 0. The number of nitrogens with one attached hydrogen (secondary N) is 1. The van der Waals surface area contributed by atoms with Gasteiger partial charge in [-0.1, -0.05) is 0 Å². The second kappa shape index (κ2) is 4.40. The molecule has 0 fully saturated rings. The maximum Gasteiger partial charge on any atom is 0.371 e. The Kier molecular flexibility index (Phi) is 4.20. The molecular formula is C5H7BrN2O2S. The molecule has 1 aliphatic heterocycles. The molecule has 1 rings (SSSR count). The number of carboxylic acids is 1. The summed E-state index contributed by atoms with van der Waals surface area (Å²) < 4.78 is 0. The molecule has 0 saturated heterocycles. The summed E-state index contributed by atoms with van der Waals surface area (Å²) in [5, 5.41) is 17.1. The van der Waals surface area contributed by atoms with E-state index < -0.39 is 5.97 Å². The van der Waals surface area contributed by atoms with E-state index >= 15 is 0 Å². The highest BCUT2D eigenvalue weighted by atomic mass is 79.9. The Labute approximate surface area is 78.5 Å². The number of rotatable bonds is 0. The zero-order chi connectivity index (χ0) is 7.56. The van der Waals surface area contributed by atoms with Gasteiger partial charge in [-0.15, -0.1) is 28.7 Å². The Bertz CT molecular complexity index is 207. The van der Waals surface area contributed by atoms with Crippen molar-refractivity contribution in [1.82, 2.24) is 4.90 Å². The SMILES string of the molecule is Br.N=C(C(=O)O)N1C=CSC1. The minimum Gasteiger partial charge on any atom is -0.475 e. The predicted octanol–water partition coefficient (Wildman–Crippen LogP) is 1.10. The molecule has 1 heterocycles. The highest BCUT2D eigenvalue weighted by Crippen LogP contribution is 2.14. The first kappa shape index (κ1) is 10.5. The molecule has 0 aromatic carbocycles. The first-order valence-electron chi connectivity index (χ1n) is 2.58. The fourth-order valence-corrected chi connectivity index (χ4v) is 1.24. The Morgan fingerprint density at radius 3 is 2.73 bits per heavy atom. The molecule has 0 aromatic heterocycles. The topological polar surface area (TPSA) is 64.4 Å². The number of hydrogen-bond donors (Lipinski definition) is 2. The standard InChI is InChI=1S/C5H6N2O2S.BrH/c6-4(5(8)9)7-1-2-10-3-7;/h1-2,6H,3H2,(H,8,9);1H. The summed E-state index contributed by atoms with van der Waals surface area (Å²) in [6, 6.07) is 0. The molecular weight excluding hydrogens is 232 g/mol. The maximum atomic E-state index is 10.2. The van der Waals surface area contributed by atoms with Gasteiger partial charge >= 0.3 is 5.97 Å². The molecule has 0 unspecified atom stereocenters. The fraction of sp³-hybridized carbons (Fsp3) is 0.200. The van der Waals surface area contributed by atoms with Gasteiger partial charge in [-0.2, -0.15) is 0 Å². The number of aliphatic carboxylic acids is 1. The molecule has 62 valence electrons. The van der Waals surface area contributed by atoms with Crippen LogP contribution >= 0.6 is 28.7 Å². The van der Waals surface area contributed by atoms with Crippen LogP contribution in [-0.4, -0.2) is 27.7 Å². The summed E-state index contributed by atoms with van der Waals surface area (Å²) in [6.45, 7) is 0. The molecule has 4 nitrogen and oxygen atoms in total. The predicted molar refractivity (Wildman–Crippen MR) is 49.1 cm³/mol. The lowest BCUT2D eigenvalue weighted by atomic mass is 10.5. The van der Waals surface area contributed by atoms with Gasteiger partial charge < -0.3 is 10.0 Å². The Morgan fingerprint density at radius 2 is 2.36 bits per heavy atom. The van der Waals surface area contributed by atoms with E-state index in [4.69, 9.17) is 10.5 Å². The third-order valence-electron chi connectivity index (χ3n) is 1.04. The number of halogens is 1. The Balaban J connectivity index is 0.000001000. The van der Waals surface area contributed by atoms with E-state index in [1.165, 1.54) is 16.7 Å². The van der Waals surface area contributed by atoms with Crippen LogP contribution in [0.4, 0.5) is 0 Å². The zero-order valence-electron chi connectivity index (χ0n) is 5.48. The van der Waals surface area contributed by atoms with Crippen LogP contribution in [-0.2, 0) is 4.79 Å². The van der Waals surface area contributed by atoms with E-state index in [2.05, 4.69) is 0 Å². The van der Waals surface area contributed by atoms with Crippen molar-refractivity contribution >= 4 is 40.5 Å². The molecule has 1 aliphatic rings. The van der Waals surface area contributed by atoms with Crippen LogP contribution in [0.1, 0.15) is 0 Å². The van der Waals surface area contributed by atoms with E-state index in [0.717, 1.165) is 0 Å². The molecule has 0 atom stereocenters. The van der Waals surface area contributed by atoms with Crippen molar-refractivity contribution in [3.05, 3.63) is 11.6 Å². The number of carbonyl (C=O) groups is 1. The lowest BCUT2D eigenvalue weighted by Gasteiger charge is -2.10. The fourth-order valence-electron chi connectivity index (χ4n) is 0.545. The molecule has 2 N–H and O–H groups in total. The average molecular weight is 239 g/mol. The largest absolute Gasteiger partial charge is 0.475 e. The molecule has 6 heteroatoms. The molecule has 0 saturated carbocycles. The Morgan fingerprint density at radius 1 is 1.73 bits per heavy atom. The normalized spacial score (nSPS) is 14.4. The maximum absolute atomic E-state index is 10.2. The summed E-state index contributed by atoms with van der Waals surface area (Å²) in [6.07, 6.45) is 1.58. The van der Waals surface area contributed by atoms with Crippen molar-refractivity contribution in [2.45, 2.75) is 0 Å². The lowest BCUT2D eigenvalue weighted by molar-refractivity contribution is -0.130. The van der Waals surface area contributed by atoms with Gasteiger partial charge in [0.2, 0.25) is 5.84 Å². The third kappa shape index (κ3) is 2.55. The molecule has 0 amide bonds. The summed E-state index contributed by atoms with van der Waals surface area (Å²) >= 11 is 1.47. The molecule has 0 bridgehead atoms. The van der Waals surface area contributed by atoms with E-state index in [1.807, 2.05) is 0 Å². The zero-order valence-corrected chi connectivity index (χ0v) is 8.01. The number of amidine groups is 1. The van der Waals surface area contributed by atoms with Crippen molar-refractivity contribution in [1.29, 1.82) is 5.41 Å². The van der Waals surface area contributed by atoms with Crippen LogP contribution in [0.2, 0.25) is 0 Å². The van der Waals surface area contributed by atoms with Crippen LogP contribution in [0.5, 0.6) is 0 Å². The van der Waals surface area contributed by atoms with E-state index in [0.29, 0.717) is 5.88 Å². The van der Waals surface area contributed by atoms with Crippen LogP contribution in [0.25, 0.3) is 0 Å². The minimum absolute atomic E-state index is 0. The molecule has 0 aromatic rings. The van der Waals surface area contributed by atoms with Crippen molar-refractivity contribution in [3.63, 3.8) is 0 Å². The van der Waals surface area contributed by atoms with Gasteiger partial charge in [0.15, 0.2) is 0 Å². The third-order valence-corrected chi connectivity index (χ3v) is 1.78. The van der Waals surface area contributed by atoms with E-state index in [9.17, 15) is 4.79 Å². The summed E-state index contributed by atoms with van der Waals surface area (Å²) in [4.78, 5) is 11.5. The quantitative estimate of drug-likeness (QED) is 0.490. The monoisotopic (exact) mass is 238 g/mol. The number of nitrogens with zero attached hydrogens (tertiary/aromatic N) is 1. The van der Waals surface area contributed by atoms with Crippen LogP contribution in [0.15, 0.2) is 11.6 Å². The van der Waals surface area contributed by atoms with Gasteiger partial charge in [-0.25, -0.2) is 4.79 Å². The van der Waals surface area contributed by atoms with Crippen molar-refractivity contribution in [3.8, 4) is 0 Å². The molecule has 0 spiro atoms. The van der Waals surface area contributed by atoms with Gasteiger partial charge in [-0.05, 0) is 5.41 Å². The van der Waals surface area contributed by atoms with Crippen LogP contribution < -0.4 is 0 Å². The number of hydrogen-bond acceptors (Lipinski definition) is 3. The minimum atomic E-state index is -1.19. The van der Waals surface area contributed by atoms with Crippen molar-refractivity contribution in [2.75, 3.05) is 5.88 Å². The highest BCUT2D eigenvalue weighted by Gasteiger charge is 2.16. The van der Waals surface area contributed by atoms with E-state index in [1.54, 1.807) is 11.6 Å². The molecule has 0 radical (unpaired) electrons. The van der Waals surface area contributed by atoms with Gasteiger partial charge in [0.1, 0.15) is 0 Å². The van der Waals surface area contributed by atoms with Gasteiger partial charge in [0.05, 0.1) is 5.88 Å². The summed E-state index contributed by atoms with van der Waals surface area (Å²) in [5.74, 6) is -1.03. The first-order chi connectivity index (χ1) is 4.72. The second-order valence-corrected chi connectivity index (χ2v) is 2.57. The van der Waals surface area contributed by atoms with Gasteiger partial charge in [0, 0.05) is 6.20 Å². The van der Waals surface area contributed by atoms with Gasteiger partial charge in [0.25, 0.3) is 0 Å². The smallest absolute Gasteiger partial charge is 0.371 e. The molecule has 11 heavy (non-hydrogen) atoms. The highest BCUT2D eigenvalue weighted by molar-refractivity contribution is 8.93. The average Bonchev–Trinajstić information content (AvgIpc) is 2.36. The lowest BCUT2D eigenvalue weighted by Crippen LogP contribution is -2.29. The van der Waals surface area contributed by atoms with Crippen molar-refractivity contribution < 1.29 is 9.90 Å². The number of thioether (sulfide) groups is 1. The Hall–Kier alpha value is -0.490. The summed E-state index contributed by atoms with van der Waals surface area (Å²) in [5.41, 5.74) is 0. The van der Waals surface area contributed by atoms with Gasteiger partial charge in [-0.3, -0.25) is 5.41 Å². The van der Waals surface area contributed by atoms with Crippen LogP contribution in [0, 0.1) is 5.41 Å². The second-order valence-electron chi connectivity index (χ2n) is 1.70. The first-order valence-corrected chi connectivity index (χ1v) is 3.63. The van der Waals surface area contributed by atoms with Crippen molar-refractivity contribution in [2.24, 2.45) is 0 Å². The van der Waals surface area contributed by atoms with Crippen LogP contribution in [0.3, 0.4) is 0 Å². The number of carboxylic acid groups (broad SMARTS) is 1. The van der Waals surface area contributed by atoms with E-state index in [-0.39, 0.29) is 22.8 Å². The molecule has 0 aliphatic carbocycles.